The van der Waals surface area contributed by atoms with Crippen LogP contribution in [0.15, 0.2) is 47.1 Å². The van der Waals surface area contributed by atoms with Crippen LogP contribution < -0.4 is 9.47 Å². The monoisotopic (exact) mass is 530 g/mol. The quantitative estimate of drug-likeness (QED) is 0.428. The van der Waals surface area contributed by atoms with Crippen molar-refractivity contribution in [3.63, 3.8) is 0 Å². The molecule has 2 aromatic heterocycles. The van der Waals surface area contributed by atoms with Crippen molar-refractivity contribution in [2.75, 3.05) is 26.8 Å². The van der Waals surface area contributed by atoms with E-state index in [9.17, 15) is 9.18 Å². The molecule has 0 bridgehead atoms. The number of thiazole rings is 1. The molecule has 1 amide bonds. The molecule has 11 heteroatoms. The number of halogens is 2. The molecule has 0 spiro atoms. The summed E-state index contributed by atoms with van der Waals surface area (Å²) >= 11 is 7.75. The average Bonchev–Trinajstić information content (AvgIpc) is 3.58. The average molecular weight is 531 g/mol. The van der Waals surface area contributed by atoms with Gasteiger partial charge in [-0.1, -0.05) is 22.8 Å². The van der Waals surface area contributed by atoms with E-state index in [4.69, 9.17) is 30.9 Å². The summed E-state index contributed by atoms with van der Waals surface area (Å²) in [5.74, 6) is 0.551. The molecule has 188 valence electrons. The van der Waals surface area contributed by atoms with Crippen LogP contribution in [-0.4, -0.2) is 53.3 Å². The summed E-state index contributed by atoms with van der Waals surface area (Å²) in [5, 5.41) is 7.43. The van der Waals surface area contributed by atoms with Crippen molar-refractivity contribution < 1.29 is 23.5 Å². The fourth-order valence-corrected chi connectivity index (χ4v) is 5.63. The minimum atomic E-state index is -0.568. The molecule has 36 heavy (non-hydrogen) atoms. The number of pyridine rings is 1. The number of carbonyl (C=O) groups excluding carboxylic acids is 1. The van der Waals surface area contributed by atoms with E-state index in [1.807, 2.05) is 5.38 Å². The first-order valence-corrected chi connectivity index (χ1v) is 12.8. The Kier molecular flexibility index (Phi) is 7.33. The van der Waals surface area contributed by atoms with Gasteiger partial charge in [-0.2, -0.15) is 0 Å². The maximum absolute atomic E-state index is 14.3. The molecule has 3 aromatic rings. The van der Waals surface area contributed by atoms with Crippen molar-refractivity contribution in [1.29, 1.82) is 0 Å². The molecule has 4 heterocycles. The van der Waals surface area contributed by atoms with Gasteiger partial charge in [0.1, 0.15) is 11.5 Å². The summed E-state index contributed by atoms with van der Waals surface area (Å²) in [4.78, 5) is 28.8. The Balaban J connectivity index is 1.14. The van der Waals surface area contributed by atoms with E-state index >= 15 is 0 Å². The lowest BCUT2D eigenvalue weighted by atomic mass is 9.97. The summed E-state index contributed by atoms with van der Waals surface area (Å²) in [6.07, 6.45) is 3.04. The number of benzene rings is 1. The van der Waals surface area contributed by atoms with E-state index in [1.165, 1.54) is 13.2 Å². The Bertz CT molecular complexity index is 1260. The van der Waals surface area contributed by atoms with E-state index in [-0.39, 0.29) is 18.4 Å². The van der Waals surface area contributed by atoms with Crippen molar-refractivity contribution in [2.45, 2.75) is 31.3 Å². The van der Waals surface area contributed by atoms with Gasteiger partial charge in [0.05, 0.1) is 22.8 Å². The summed E-state index contributed by atoms with van der Waals surface area (Å²) in [7, 11) is 1.53. The van der Waals surface area contributed by atoms with Gasteiger partial charge in [0, 0.05) is 42.6 Å². The Morgan fingerprint density at radius 2 is 2.11 bits per heavy atom. The van der Waals surface area contributed by atoms with Gasteiger partial charge in [-0.05, 0) is 37.1 Å². The smallest absolute Gasteiger partial charge is 0.260 e. The molecule has 0 N–H and O–H groups in total. The van der Waals surface area contributed by atoms with Gasteiger partial charge >= 0.3 is 0 Å². The second kappa shape index (κ2) is 10.8. The molecule has 2 aliphatic heterocycles. The number of ether oxygens (including phenoxy) is 2. The van der Waals surface area contributed by atoms with Crippen LogP contribution in [0.2, 0.25) is 5.02 Å². The van der Waals surface area contributed by atoms with Gasteiger partial charge < -0.3 is 19.2 Å². The maximum atomic E-state index is 14.3. The first-order chi connectivity index (χ1) is 17.5. The van der Waals surface area contributed by atoms with Crippen LogP contribution in [0, 0.1) is 5.82 Å². The molecule has 5 rings (SSSR count). The predicted octanol–water partition coefficient (Wildman–Crippen LogP) is 4.99. The van der Waals surface area contributed by atoms with Crippen molar-refractivity contribution in [3.05, 3.63) is 69.0 Å². The number of amides is 1. The normalized spacial score (nSPS) is 18.0. The molecule has 2 aliphatic rings. The Morgan fingerprint density at radius 3 is 2.89 bits per heavy atom. The SMILES string of the molecule is COc1cccnc1OCC(=O)N1CCC(c2nc(C3=NO[C@H](c4c(F)cccc4Cl)C3)cs2)CC1. The van der Waals surface area contributed by atoms with E-state index in [0.717, 1.165) is 23.5 Å². The Labute approximate surface area is 216 Å². The van der Waals surface area contributed by atoms with Crippen molar-refractivity contribution in [2.24, 2.45) is 5.16 Å². The molecule has 8 nitrogen and oxygen atoms in total. The van der Waals surface area contributed by atoms with Crippen LogP contribution in [0.5, 0.6) is 11.6 Å². The highest BCUT2D eigenvalue weighted by molar-refractivity contribution is 7.10. The van der Waals surface area contributed by atoms with Crippen LogP contribution in [0.1, 0.15) is 47.5 Å². The van der Waals surface area contributed by atoms with Crippen LogP contribution in [-0.2, 0) is 9.63 Å². The zero-order valence-electron chi connectivity index (χ0n) is 19.5. The third-order valence-corrected chi connectivity index (χ3v) is 7.63. The minimum absolute atomic E-state index is 0.0868. The Morgan fingerprint density at radius 1 is 1.28 bits per heavy atom. The zero-order chi connectivity index (χ0) is 25.1. The molecule has 1 fully saturated rings. The van der Waals surface area contributed by atoms with E-state index in [2.05, 4.69) is 10.1 Å². The highest BCUT2D eigenvalue weighted by Gasteiger charge is 2.31. The van der Waals surface area contributed by atoms with Gasteiger partial charge in [0.2, 0.25) is 0 Å². The number of hydrogen-bond donors (Lipinski definition) is 0. The largest absolute Gasteiger partial charge is 0.491 e. The standard InChI is InChI=1S/C25H24ClFN4O4S/c1-33-20-6-3-9-28-24(20)34-13-22(32)31-10-7-15(8-11-31)25-29-19(14-36-25)18-12-21(35-30-18)23-16(26)4-2-5-17(23)27/h2-6,9,14-15,21H,7-8,10-13H2,1H3/t21-/m0/s1. The number of piperidine rings is 1. The number of likely N-dealkylation sites (tertiary alicyclic amines) is 1. The first kappa shape index (κ1) is 24.5. The van der Waals surface area contributed by atoms with E-state index in [0.29, 0.717) is 47.4 Å². The van der Waals surface area contributed by atoms with Crippen LogP contribution in [0.3, 0.4) is 0 Å². The number of hydrogen-bond acceptors (Lipinski definition) is 8. The van der Waals surface area contributed by atoms with Gasteiger partial charge in [-0.25, -0.2) is 14.4 Å². The molecule has 0 saturated carbocycles. The molecular weight excluding hydrogens is 507 g/mol. The van der Waals surface area contributed by atoms with Crippen LogP contribution in [0.25, 0.3) is 0 Å². The lowest BCUT2D eigenvalue weighted by Crippen LogP contribution is -2.40. The zero-order valence-corrected chi connectivity index (χ0v) is 21.1. The Hall–Kier alpha value is -3.24. The molecule has 1 saturated heterocycles. The minimum Gasteiger partial charge on any atom is -0.491 e. The molecular formula is C25H24ClFN4O4S. The summed E-state index contributed by atoms with van der Waals surface area (Å²) in [6.45, 7) is 1.16. The lowest BCUT2D eigenvalue weighted by Gasteiger charge is -2.31. The van der Waals surface area contributed by atoms with Gasteiger partial charge in [-0.15, -0.1) is 11.3 Å². The third kappa shape index (κ3) is 5.15. The molecule has 1 aromatic carbocycles. The van der Waals surface area contributed by atoms with Crippen molar-refractivity contribution in [1.82, 2.24) is 14.9 Å². The van der Waals surface area contributed by atoms with Crippen molar-refractivity contribution in [3.8, 4) is 11.6 Å². The van der Waals surface area contributed by atoms with Gasteiger partial charge in [0.25, 0.3) is 11.8 Å². The first-order valence-electron chi connectivity index (χ1n) is 11.6. The summed E-state index contributed by atoms with van der Waals surface area (Å²) < 4.78 is 25.0. The predicted molar refractivity (Wildman–Crippen MR) is 133 cm³/mol. The van der Waals surface area contributed by atoms with E-state index in [1.54, 1.807) is 46.7 Å². The topological polar surface area (TPSA) is 86.1 Å². The number of methoxy groups -OCH3 is 1. The number of nitrogens with zero attached hydrogens (tertiary/aromatic N) is 4. The van der Waals surface area contributed by atoms with Crippen molar-refractivity contribution >= 4 is 34.6 Å². The third-order valence-electron chi connectivity index (χ3n) is 6.29. The molecule has 0 aliphatic carbocycles. The van der Waals surface area contributed by atoms with Crippen LogP contribution >= 0.6 is 22.9 Å². The molecule has 0 radical (unpaired) electrons. The number of oxime groups is 1. The number of carbonyl (C=O) groups is 1. The second-order valence-electron chi connectivity index (χ2n) is 8.50. The van der Waals surface area contributed by atoms with Gasteiger partial charge in [0.15, 0.2) is 18.5 Å². The van der Waals surface area contributed by atoms with E-state index < -0.39 is 11.9 Å². The molecule has 0 unspecified atom stereocenters. The fourth-order valence-electron chi connectivity index (χ4n) is 4.35. The van der Waals surface area contributed by atoms with Crippen LogP contribution in [0.4, 0.5) is 4.39 Å². The number of rotatable bonds is 7. The summed E-state index contributed by atoms with van der Waals surface area (Å²) in [5.41, 5.74) is 1.73. The highest BCUT2D eigenvalue weighted by Crippen LogP contribution is 2.37. The molecule has 1 atom stereocenters. The second-order valence-corrected chi connectivity index (χ2v) is 9.79. The highest BCUT2D eigenvalue weighted by atomic mass is 35.5. The maximum Gasteiger partial charge on any atom is 0.260 e. The lowest BCUT2D eigenvalue weighted by molar-refractivity contribution is -0.134. The van der Waals surface area contributed by atoms with Gasteiger partial charge in [-0.3, -0.25) is 4.79 Å². The number of aromatic nitrogens is 2. The summed E-state index contributed by atoms with van der Waals surface area (Å²) in [6, 6.07) is 8.04. The fraction of sp³-hybridized carbons (Fsp3) is 0.360.